The van der Waals surface area contributed by atoms with Gasteiger partial charge in [-0.3, -0.25) is 15.0 Å². The first-order valence-electron chi connectivity index (χ1n) is 9.61. The molecule has 0 bridgehead atoms. The average molecular weight is 525 g/mol. The van der Waals surface area contributed by atoms with Crippen molar-refractivity contribution < 1.29 is 14.3 Å². The number of carbonyl (C=O) groups excluding carboxylic acids is 2. The minimum atomic E-state index is -0.405. The van der Waals surface area contributed by atoms with Crippen molar-refractivity contribution in [2.45, 2.75) is 6.61 Å². The van der Waals surface area contributed by atoms with Crippen molar-refractivity contribution in [1.82, 2.24) is 10.4 Å². The number of carbonyl (C=O) groups is 2. The highest BCUT2D eigenvalue weighted by molar-refractivity contribution is 9.10. The smallest absolute Gasteiger partial charge is 0.285 e. The van der Waals surface area contributed by atoms with Crippen LogP contribution < -0.4 is 10.2 Å². The first-order chi connectivity index (χ1) is 15.5. The summed E-state index contributed by atoms with van der Waals surface area (Å²) < 4.78 is 7.10. The van der Waals surface area contributed by atoms with Crippen LogP contribution in [0, 0.1) is 0 Å². The summed E-state index contributed by atoms with van der Waals surface area (Å²) in [5.74, 6) is -0.161. The molecule has 0 aliphatic carbocycles. The van der Waals surface area contributed by atoms with Gasteiger partial charge in [0.25, 0.3) is 11.8 Å². The average Bonchev–Trinajstić information content (AvgIpc) is 3.07. The molecule has 1 heterocycles. The second-order valence-corrected chi connectivity index (χ2v) is 9.37. The Kier molecular flexibility index (Phi) is 7.04. The SMILES string of the molecule is O=C(NN1C(=O)C(=Cc2cc(Br)ccc2OCc2ccccc2)SC1=S)c1ccccc1. The molecule has 1 N–H and O–H groups in total. The molecule has 0 spiro atoms. The predicted octanol–water partition coefficient (Wildman–Crippen LogP) is 5.57. The maximum atomic E-state index is 12.9. The molecular weight excluding hydrogens is 508 g/mol. The molecule has 1 aliphatic heterocycles. The van der Waals surface area contributed by atoms with E-state index in [-0.39, 0.29) is 4.32 Å². The Hall–Kier alpha value is -2.94. The first-order valence-corrected chi connectivity index (χ1v) is 11.6. The van der Waals surface area contributed by atoms with Crippen LogP contribution in [0.5, 0.6) is 5.75 Å². The highest BCUT2D eigenvalue weighted by Crippen LogP contribution is 2.34. The van der Waals surface area contributed by atoms with Crippen LogP contribution in [0.1, 0.15) is 21.5 Å². The normalized spacial score (nSPS) is 14.7. The van der Waals surface area contributed by atoms with Crippen molar-refractivity contribution in [3.63, 3.8) is 0 Å². The fourth-order valence-corrected chi connectivity index (χ4v) is 4.51. The lowest BCUT2D eigenvalue weighted by molar-refractivity contribution is -0.123. The number of hydrogen-bond acceptors (Lipinski definition) is 5. The number of hydrogen-bond donors (Lipinski definition) is 1. The molecule has 1 fully saturated rings. The summed E-state index contributed by atoms with van der Waals surface area (Å²) in [5.41, 5.74) is 4.79. The third-order valence-electron chi connectivity index (χ3n) is 4.54. The van der Waals surface area contributed by atoms with Crippen LogP contribution in [0.4, 0.5) is 0 Å². The Morgan fingerprint density at radius 2 is 1.75 bits per heavy atom. The van der Waals surface area contributed by atoms with Gasteiger partial charge in [0.15, 0.2) is 4.32 Å². The molecule has 1 aliphatic rings. The van der Waals surface area contributed by atoms with Crippen LogP contribution >= 0.6 is 39.9 Å². The van der Waals surface area contributed by atoms with E-state index < -0.39 is 11.8 Å². The molecule has 8 heteroatoms. The maximum Gasteiger partial charge on any atom is 0.285 e. The Bertz CT molecular complexity index is 1200. The Morgan fingerprint density at radius 1 is 1.06 bits per heavy atom. The summed E-state index contributed by atoms with van der Waals surface area (Å²) in [6.07, 6.45) is 1.72. The summed E-state index contributed by atoms with van der Waals surface area (Å²) in [7, 11) is 0. The third-order valence-corrected chi connectivity index (χ3v) is 6.33. The van der Waals surface area contributed by atoms with E-state index in [1.807, 2.05) is 54.6 Å². The molecule has 4 rings (SSSR count). The maximum absolute atomic E-state index is 12.9. The molecule has 32 heavy (non-hydrogen) atoms. The van der Waals surface area contributed by atoms with Crippen molar-refractivity contribution in [2.75, 3.05) is 0 Å². The molecule has 0 saturated carbocycles. The summed E-state index contributed by atoms with van der Waals surface area (Å²) in [6.45, 7) is 0.400. The van der Waals surface area contributed by atoms with Gasteiger partial charge in [-0.15, -0.1) is 0 Å². The molecular formula is C24H17BrN2O3S2. The van der Waals surface area contributed by atoms with Gasteiger partial charge in [0.1, 0.15) is 12.4 Å². The fourth-order valence-electron chi connectivity index (χ4n) is 2.96. The molecule has 0 unspecified atom stereocenters. The first kappa shape index (κ1) is 22.3. The minimum absolute atomic E-state index is 0.257. The number of benzene rings is 3. The highest BCUT2D eigenvalue weighted by atomic mass is 79.9. The van der Waals surface area contributed by atoms with E-state index in [0.717, 1.165) is 32.4 Å². The van der Waals surface area contributed by atoms with Gasteiger partial charge in [-0.2, -0.15) is 5.01 Å². The van der Waals surface area contributed by atoms with Gasteiger partial charge in [0.05, 0.1) is 4.91 Å². The minimum Gasteiger partial charge on any atom is -0.488 e. The third kappa shape index (κ3) is 5.27. The lowest BCUT2D eigenvalue weighted by Crippen LogP contribution is -2.44. The van der Waals surface area contributed by atoms with Crippen LogP contribution in [0.25, 0.3) is 6.08 Å². The molecule has 2 amide bonds. The van der Waals surface area contributed by atoms with Crippen LogP contribution in [0.2, 0.25) is 0 Å². The molecule has 1 saturated heterocycles. The quantitative estimate of drug-likeness (QED) is 0.337. The Labute approximate surface area is 203 Å². The van der Waals surface area contributed by atoms with E-state index in [1.165, 1.54) is 0 Å². The van der Waals surface area contributed by atoms with Gasteiger partial charge < -0.3 is 4.74 Å². The Morgan fingerprint density at radius 3 is 2.47 bits per heavy atom. The van der Waals surface area contributed by atoms with Gasteiger partial charge >= 0.3 is 0 Å². The zero-order chi connectivity index (χ0) is 22.5. The summed E-state index contributed by atoms with van der Waals surface area (Å²) in [6, 6.07) is 24.1. The van der Waals surface area contributed by atoms with Crippen molar-refractivity contribution in [1.29, 1.82) is 0 Å². The van der Waals surface area contributed by atoms with Gasteiger partial charge in [0, 0.05) is 15.6 Å². The number of nitrogens with one attached hydrogen (secondary N) is 1. The summed E-state index contributed by atoms with van der Waals surface area (Å²) >= 11 is 9.92. The Balaban J connectivity index is 1.53. The fraction of sp³-hybridized carbons (Fsp3) is 0.0417. The van der Waals surface area contributed by atoms with Crippen molar-refractivity contribution in [2.24, 2.45) is 0 Å². The predicted molar refractivity (Wildman–Crippen MR) is 134 cm³/mol. The largest absolute Gasteiger partial charge is 0.488 e. The topological polar surface area (TPSA) is 58.6 Å². The highest BCUT2D eigenvalue weighted by Gasteiger charge is 2.34. The van der Waals surface area contributed by atoms with E-state index >= 15 is 0 Å². The van der Waals surface area contributed by atoms with Crippen molar-refractivity contribution in [3.05, 3.63) is 105 Å². The van der Waals surface area contributed by atoms with Gasteiger partial charge in [-0.05, 0) is 54.2 Å². The summed E-state index contributed by atoms with van der Waals surface area (Å²) in [4.78, 5) is 25.8. The molecule has 0 atom stereocenters. The number of thiocarbonyl (C=S) groups is 1. The van der Waals surface area contributed by atoms with E-state index in [0.29, 0.717) is 22.8 Å². The van der Waals surface area contributed by atoms with Crippen LogP contribution in [0.15, 0.2) is 88.2 Å². The van der Waals surface area contributed by atoms with E-state index in [9.17, 15) is 9.59 Å². The van der Waals surface area contributed by atoms with Crippen LogP contribution in [0.3, 0.4) is 0 Å². The number of thioether (sulfide) groups is 1. The molecule has 160 valence electrons. The molecule has 3 aromatic rings. The second-order valence-electron chi connectivity index (χ2n) is 6.78. The lowest BCUT2D eigenvalue weighted by atomic mass is 10.1. The van der Waals surface area contributed by atoms with Crippen LogP contribution in [-0.2, 0) is 11.4 Å². The van der Waals surface area contributed by atoms with Gasteiger partial charge in [-0.25, -0.2) is 0 Å². The number of amides is 2. The van der Waals surface area contributed by atoms with Gasteiger partial charge in [0.2, 0.25) is 0 Å². The van der Waals surface area contributed by atoms with Crippen molar-refractivity contribution in [3.8, 4) is 5.75 Å². The van der Waals surface area contributed by atoms with Gasteiger partial charge in [-0.1, -0.05) is 76.2 Å². The zero-order valence-corrected chi connectivity index (χ0v) is 19.9. The van der Waals surface area contributed by atoms with E-state index in [1.54, 1.807) is 30.3 Å². The molecule has 0 aromatic heterocycles. The number of hydrazine groups is 1. The lowest BCUT2D eigenvalue weighted by Gasteiger charge is -2.15. The van der Waals surface area contributed by atoms with E-state index in [2.05, 4.69) is 21.4 Å². The standard InChI is InChI=1S/C24H17BrN2O3S2/c25-19-11-12-20(30-15-16-7-3-1-4-8-16)18(13-19)14-21-23(29)27(24(31)32-21)26-22(28)17-9-5-2-6-10-17/h1-14H,15H2,(H,26,28). The summed E-state index contributed by atoms with van der Waals surface area (Å²) in [5, 5.41) is 1.10. The molecule has 0 radical (unpaired) electrons. The molecule has 3 aromatic carbocycles. The molecule has 5 nitrogen and oxygen atoms in total. The number of ether oxygens (including phenoxy) is 1. The number of nitrogens with zero attached hydrogens (tertiary/aromatic N) is 1. The van der Waals surface area contributed by atoms with Crippen molar-refractivity contribution >= 4 is 62.1 Å². The monoisotopic (exact) mass is 524 g/mol. The number of rotatable bonds is 6. The van der Waals surface area contributed by atoms with Crippen LogP contribution in [-0.4, -0.2) is 21.1 Å². The second kappa shape index (κ2) is 10.1. The zero-order valence-electron chi connectivity index (χ0n) is 16.7. The number of halogens is 1. The van der Waals surface area contributed by atoms with E-state index in [4.69, 9.17) is 17.0 Å².